The number of nitrogens with zero attached hydrogens (tertiary/aromatic N) is 2. The van der Waals surface area contributed by atoms with Crippen LogP contribution in [0.25, 0.3) is 43.5 Å². The Morgan fingerprint density at radius 3 is 2.42 bits per heavy atom. The summed E-state index contributed by atoms with van der Waals surface area (Å²) >= 11 is 1.81. The Balaban J connectivity index is 1.58. The Morgan fingerprint density at radius 1 is 0.818 bits per heavy atom. The van der Waals surface area contributed by atoms with Gasteiger partial charge < -0.3 is 0 Å². The number of benzene rings is 2. The molecule has 3 heteroatoms. The van der Waals surface area contributed by atoms with Crippen LogP contribution in [0.4, 0.5) is 0 Å². The van der Waals surface area contributed by atoms with Gasteiger partial charge in [-0.15, -0.1) is 11.3 Å². The summed E-state index contributed by atoms with van der Waals surface area (Å²) in [4.78, 5) is 12.3. The summed E-state index contributed by atoms with van der Waals surface area (Å²) in [6.45, 7) is 11.3. The molecule has 0 N–H and O–H groups in total. The zero-order valence-corrected chi connectivity index (χ0v) is 20.8. The van der Waals surface area contributed by atoms with Gasteiger partial charge in [0.2, 0.25) is 0 Å². The second kappa shape index (κ2) is 8.39. The van der Waals surface area contributed by atoms with Crippen molar-refractivity contribution < 1.29 is 0 Å². The fourth-order valence-electron chi connectivity index (χ4n) is 4.46. The van der Waals surface area contributed by atoms with E-state index in [2.05, 4.69) is 101 Å². The first-order chi connectivity index (χ1) is 15.8. The van der Waals surface area contributed by atoms with Gasteiger partial charge in [-0.1, -0.05) is 58.9 Å². The molecule has 166 valence electrons. The SMILES string of the molecule is CC(C)Cc1cc2ccc(-c3ccnc(-c4cc(C(C)(C)C)c5ccccc5c4)c3)nc2s1. The van der Waals surface area contributed by atoms with E-state index in [0.29, 0.717) is 5.92 Å². The van der Waals surface area contributed by atoms with Crippen LogP contribution >= 0.6 is 11.3 Å². The quantitative estimate of drug-likeness (QED) is 0.274. The van der Waals surface area contributed by atoms with E-state index in [1.807, 2.05) is 17.5 Å². The van der Waals surface area contributed by atoms with Crippen LogP contribution in [0.3, 0.4) is 0 Å². The summed E-state index contributed by atoms with van der Waals surface area (Å²) in [6, 6.07) is 24.1. The molecule has 0 saturated carbocycles. The summed E-state index contributed by atoms with van der Waals surface area (Å²) in [6.07, 6.45) is 3.01. The van der Waals surface area contributed by atoms with Gasteiger partial charge in [-0.25, -0.2) is 4.98 Å². The first-order valence-corrected chi connectivity index (χ1v) is 12.5. The van der Waals surface area contributed by atoms with Crippen LogP contribution in [0, 0.1) is 5.92 Å². The summed E-state index contributed by atoms with van der Waals surface area (Å²) in [7, 11) is 0. The molecule has 0 saturated heterocycles. The largest absolute Gasteiger partial charge is 0.256 e. The zero-order valence-electron chi connectivity index (χ0n) is 20.0. The second-order valence-corrected chi connectivity index (χ2v) is 11.4. The minimum atomic E-state index is 0.0483. The molecule has 0 aliphatic heterocycles. The summed E-state index contributed by atoms with van der Waals surface area (Å²) in [5, 5.41) is 3.80. The van der Waals surface area contributed by atoms with E-state index in [9.17, 15) is 0 Å². The molecule has 0 unspecified atom stereocenters. The van der Waals surface area contributed by atoms with Crippen molar-refractivity contribution in [3.63, 3.8) is 0 Å². The van der Waals surface area contributed by atoms with Crippen LogP contribution in [0.5, 0.6) is 0 Å². The van der Waals surface area contributed by atoms with E-state index in [1.54, 1.807) is 0 Å². The first kappa shape index (κ1) is 21.8. The third-order valence-corrected chi connectivity index (χ3v) is 7.13. The predicted octanol–water partition coefficient (Wildman–Crippen LogP) is 8.67. The van der Waals surface area contributed by atoms with Crippen LogP contribution in [-0.4, -0.2) is 9.97 Å². The first-order valence-electron chi connectivity index (χ1n) is 11.7. The number of pyridine rings is 2. The minimum absolute atomic E-state index is 0.0483. The summed E-state index contributed by atoms with van der Waals surface area (Å²) < 4.78 is 0. The van der Waals surface area contributed by atoms with Gasteiger partial charge in [0.1, 0.15) is 4.83 Å². The van der Waals surface area contributed by atoms with Crippen molar-refractivity contribution in [2.24, 2.45) is 5.92 Å². The lowest BCUT2D eigenvalue weighted by molar-refractivity contribution is 0.596. The molecule has 2 nitrogen and oxygen atoms in total. The molecule has 0 bridgehead atoms. The molecule has 3 heterocycles. The van der Waals surface area contributed by atoms with Gasteiger partial charge in [-0.05, 0) is 76.6 Å². The standard InChI is InChI=1S/C30H30N2S/c1-19(2)14-24-16-22-10-11-27(32-29(22)33-24)21-12-13-31-28(18-21)23-15-20-8-6-7-9-25(20)26(17-23)30(3,4)5/h6-13,15-19H,14H2,1-5H3. The molecule has 3 aromatic heterocycles. The van der Waals surface area contributed by atoms with Crippen LogP contribution in [0.15, 0.2) is 72.9 Å². The third kappa shape index (κ3) is 4.43. The van der Waals surface area contributed by atoms with E-state index in [0.717, 1.165) is 33.8 Å². The minimum Gasteiger partial charge on any atom is -0.256 e. The molecular weight excluding hydrogens is 420 g/mol. The zero-order chi connectivity index (χ0) is 23.2. The van der Waals surface area contributed by atoms with Crippen molar-refractivity contribution in [2.75, 3.05) is 0 Å². The number of fused-ring (bicyclic) bond motifs is 2. The Labute approximate surface area is 200 Å². The Kier molecular flexibility index (Phi) is 5.54. The Bertz CT molecular complexity index is 1450. The highest BCUT2D eigenvalue weighted by atomic mass is 32.1. The van der Waals surface area contributed by atoms with Crippen LogP contribution < -0.4 is 0 Å². The van der Waals surface area contributed by atoms with Crippen LogP contribution in [0.2, 0.25) is 0 Å². The summed E-state index contributed by atoms with van der Waals surface area (Å²) in [5.74, 6) is 0.653. The van der Waals surface area contributed by atoms with Crippen molar-refractivity contribution in [2.45, 2.75) is 46.5 Å². The van der Waals surface area contributed by atoms with E-state index >= 15 is 0 Å². The highest BCUT2D eigenvalue weighted by molar-refractivity contribution is 7.18. The van der Waals surface area contributed by atoms with E-state index < -0.39 is 0 Å². The molecular formula is C30H30N2S. The van der Waals surface area contributed by atoms with Gasteiger partial charge in [0.25, 0.3) is 0 Å². The molecule has 5 aromatic rings. The number of aromatic nitrogens is 2. The van der Waals surface area contributed by atoms with Crippen LogP contribution in [0.1, 0.15) is 45.1 Å². The smallest absolute Gasteiger partial charge is 0.124 e. The van der Waals surface area contributed by atoms with E-state index in [-0.39, 0.29) is 5.41 Å². The van der Waals surface area contributed by atoms with Gasteiger partial charge >= 0.3 is 0 Å². The number of hydrogen-bond acceptors (Lipinski definition) is 3. The second-order valence-electron chi connectivity index (χ2n) is 10.3. The maximum Gasteiger partial charge on any atom is 0.124 e. The molecule has 0 fully saturated rings. The maximum atomic E-state index is 5.01. The van der Waals surface area contributed by atoms with E-state index in [1.165, 1.54) is 26.6 Å². The molecule has 2 aromatic carbocycles. The highest BCUT2D eigenvalue weighted by Gasteiger charge is 2.19. The molecule has 0 atom stereocenters. The average Bonchev–Trinajstić information content (AvgIpc) is 3.18. The van der Waals surface area contributed by atoms with Crippen molar-refractivity contribution in [1.82, 2.24) is 9.97 Å². The van der Waals surface area contributed by atoms with Gasteiger partial charge in [0, 0.05) is 27.6 Å². The normalized spacial score (nSPS) is 12.2. The van der Waals surface area contributed by atoms with Crippen molar-refractivity contribution in [1.29, 1.82) is 0 Å². The molecule has 0 radical (unpaired) electrons. The fraction of sp³-hybridized carbons (Fsp3) is 0.267. The molecule has 5 rings (SSSR count). The Hall–Kier alpha value is -3.04. The average molecular weight is 451 g/mol. The van der Waals surface area contributed by atoms with Gasteiger partial charge in [0.05, 0.1) is 11.4 Å². The lowest BCUT2D eigenvalue weighted by Gasteiger charge is -2.22. The molecule has 33 heavy (non-hydrogen) atoms. The highest BCUT2D eigenvalue weighted by Crippen LogP contribution is 2.35. The summed E-state index contributed by atoms with van der Waals surface area (Å²) in [5.41, 5.74) is 5.63. The molecule has 0 spiro atoms. The monoisotopic (exact) mass is 450 g/mol. The number of rotatable bonds is 4. The maximum absolute atomic E-state index is 5.01. The Morgan fingerprint density at radius 2 is 1.64 bits per heavy atom. The number of thiophene rings is 1. The van der Waals surface area contributed by atoms with Crippen molar-refractivity contribution >= 4 is 32.3 Å². The number of hydrogen-bond donors (Lipinski definition) is 0. The fourth-order valence-corrected chi connectivity index (χ4v) is 5.70. The van der Waals surface area contributed by atoms with Gasteiger partial charge in [0.15, 0.2) is 0 Å². The lowest BCUT2D eigenvalue weighted by atomic mass is 9.82. The van der Waals surface area contributed by atoms with Crippen LogP contribution in [-0.2, 0) is 11.8 Å². The van der Waals surface area contributed by atoms with Gasteiger partial charge in [-0.2, -0.15) is 0 Å². The lowest BCUT2D eigenvalue weighted by Crippen LogP contribution is -2.12. The van der Waals surface area contributed by atoms with Crippen molar-refractivity contribution in [3.8, 4) is 22.5 Å². The molecule has 0 aliphatic rings. The predicted molar refractivity (Wildman–Crippen MR) is 143 cm³/mol. The molecule has 0 amide bonds. The third-order valence-electron chi connectivity index (χ3n) is 6.06. The van der Waals surface area contributed by atoms with Gasteiger partial charge in [-0.3, -0.25) is 4.98 Å². The topological polar surface area (TPSA) is 25.8 Å². The molecule has 0 aliphatic carbocycles. The van der Waals surface area contributed by atoms with E-state index in [4.69, 9.17) is 9.97 Å². The van der Waals surface area contributed by atoms with Crippen molar-refractivity contribution in [3.05, 3.63) is 83.4 Å².